The molecule has 0 bridgehead atoms. The number of nitrogens with zero attached hydrogens (tertiary/aromatic N) is 4. The van der Waals surface area contributed by atoms with E-state index in [2.05, 4.69) is 41.5 Å². The number of fused-ring (bicyclic) bond motifs is 1. The number of aromatic nitrogens is 4. The molecule has 1 aliphatic rings. The molecule has 2 aromatic carbocycles. The molecule has 0 saturated carbocycles. The summed E-state index contributed by atoms with van der Waals surface area (Å²) < 4.78 is 6.14. The summed E-state index contributed by atoms with van der Waals surface area (Å²) in [5.41, 5.74) is 2.28. The highest BCUT2D eigenvalue weighted by Gasteiger charge is 2.25. The van der Waals surface area contributed by atoms with Crippen LogP contribution in [-0.4, -0.2) is 63.7 Å². The molecule has 0 aliphatic carbocycles. The lowest BCUT2D eigenvalue weighted by molar-refractivity contribution is -0.123. The predicted molar refractivity (Wildman–Crippen MR) is 151 cm³/mol. The van der Waals surface area contributed by atoms with Crippen molar-refractivity contribution in [2.24, 2.45) is 5.92 Å². The summed E-state index contributed by atoms with van der Waals surface area (Å²) in [4.78, 5) is 50.9. The first-order valence-corrected chi connectivity index (χ1v) is 13.5. The number of benzene rings is 2. The van der Waals surface area contributed by atoms with E-state index in [4.69, 9.17) is 11.6 Å². The second-order valence-corrected chi connectivity index (χ2v) is 10.2. The van der Waals surface area contributed by atoms with Gasteiger partial charge in [-0.3, -0.25) is 19.7 Å². The molecule has 1 aliphatic heterocycles. The third-order valence-electron chi connectivity index (χ3n) is 6.65. The molecule has 0 fully saturated rings. The first-order valence-electron chi connectivity index (χ1n) is 13.1. The summed E-state index contributed by atoms with van der Waals surface area (Å²) in [7, 11) is 1.23. The van der Waals surface area contributed by atoms with Crippen molar-refractivity contribution in [1.29, 1.82) is 0 Å². The van der Waals surface area contributed by atoms with E-state index in [1.165, 1.54) is 36.3 Å². The van der Waals surface area contributed by atoms with Crippen molar-refractivity contribution in [3.05, 3.63) is 58.9 Å². The highest BCUT2D eigenvalue weighted by Crippen LogP contribution is 2.24. The van der Waals surface area contributed by atoms with Crippen molar-refractivity contribution in [3.63, 3.8) is 0 Å². The van der Waals surface area contributed by atoms with Gasteiger partial charge in [-0.1, -0.05) is 31.4 Å². The minimum absolute atomic E-state index is 0.0567. The average Bonchev–Trinajstić information content (AvgIpc) is 3.46. The molecule has 13 nitrogen and oxygen atoms in total. The number of rotatable bonds is 6. The Kier molecular flexibility index (Phi) is 9.85. The third-order valence-corrected chi connectivity index (χ3v) is 6.88. The van der Waals surface area contributed by atoms with E-state index in [0.29, 0.717) is 36.4 Å². The number of ether oxygens (including phenoxy) is 1. The number of tetrazole rings is 1. The lowest BCUT2D eigenvalue weighted by Crippen LogP contribution is -2.47. The van der Waals surface area contributed by atoms with Crippen molar-refractivity contribution in [2.75, 3.05) is 24.3 Å². The quantitative estimate of drug-likeness (QED) is 0.343. The lowest BCUT2D eigenvalue weighted by Gasteiger charge is -2.22. The minimum atomic E-state index is -0.802. The van der Waals surface area contributed by atoms with Gasteiger partial charge in [-0.05, 0) is 71.1 Å². The Morgan fingerprint density at radius 3 is 2.76 bits per heavy atom. The van der Waals surface area contributed by atoms with Crippen molar-refractivity contribution >= 4 is 46.8 Å². The van der Waals surface area contributed by atoms with Gasteiger partial charge < -0.3 is 20.7 Å². The van der Waals surface area contributed by atoms with Gasteiger partial charge in [0.1, 0.15) is 12.4 Å². The van der Waals surface area contributed by atoms with Gasteiger partial charge in [0.05, 0.1) is 24.0 Å². The van der Waals surface area contributed by atoms with E-state index in [1.54, 1.807) is 18.2 Å². The van der Waals surface area contributed by atoms with Crippen LogP contribution in [0.3, 0.4) is 0 Å². The standard InChI is InChI=1S/C27H31ClN8O5/c1-16-4-3-5-21(26(39)29-11-10-17-13-18(28)6-9-23(17)36-15-30-34-35-36)33-25(38)20-8-7-19(31-27(40)41-2)14-22(20)32-24(37)12-16/h6-9,13-16,21H,3-5,10-12H2,1-2H3,(H,29,39)(H,31,40)(H,32,37)(H,33,38)/t16-,21+/m0/s1. The Hall–Kier alpha value is -4.52. The molecular weight excluding hydrogens is 552 g/mol. The number of methoxy groups -OCH3 is 1. The fourth-order valence-corrected chi connectivity index (χ4v) is 4.78. The maximum Gasteiger partial charge on any atom is 0.411 e. The number of hydrogen-bond donors (Lipinski definition) is 4. The molecule has 3 aromatic rings. The molecule has 4 rings (SSSR count). The Morgan fingerprint density at radius 2 is 2.00 bits per heavy atom. The molecule has 0 unspecified atom stereocenters. The molecule has 0 saturated heterocycles. The van der Waals surface area contributed by atoms with Crippen molar-refractivity contribution in [2.45, 2.75) is 45.1 Å². The van der Waals surface area contributed by atoms with Crippen LogP contribution in [0.5, 0.6) is 0 Å². The van der Waals surface area contributed by atoms with E-state index < -0.39 is 18.0 Å². The summed E-state index contributed by atoms with van der Waals surface area (Å²) in [6.07, 6.45) is 3.21. The van der Waals surface area contributed by atoms with Crippen molar-refractivity contribution in [3.8, 4) is 5.69 Å². The van der Waals surface area contributed by atoms with E-state index in [0.717, 1.165) is 11.3 Å². The monoisotopic (exact) mass is 582 g/mol. The normalized spacial score (nSPS) is 17.6. The molecule has 4 amide bonds. The van der Waals surface area contributed by atoms with E-state index >= 15 is 0 Å². The zero-order valence-electron chi connectivity index (χ0n) is 22.6. The fourth-order valence-electron chi connectivity index (χ4n) is 4.58. The zero-order chi connectivity index (χ0) is 29.4. The SMILES string of the molecule is COC(=O)Nc1ccc2c(c1)NC(=O)C[C@@H](C)CCC[C@H](C(=O)NCCc1cc(Cl)ccc1-n1cnnn1)NC2=O. The number of halogens is 1. The van der Waals surface area contributed by atoms with E-state index in [9.17, 15) is 19.2 Å². The van der Waals surface area contributed by atoms with Crippen LogP contribution >= 0.6 is 11.6 Å². The van der Waals surface area contributed by atoms with E-state index in [1.807, 2.05) is 6.92 Å². The van der Waals surface area contributed by atoms with Crippen LogP contribution in [0.25, 0.3) is 5.69 Å². The maximum absolute atomic E-state index is 13.3. The van der Waals surface area contributed by atoms with Crippen LogP contribution in [0.15, 0.2) is 42.7 Å². The second-order valence-electron chi connectivity index (χ2n) is 9.76. The predicted octanol–water partition coefficient (Wildman–Crippen LogP) is 3.10. The van der Waals surface area contributed by atoms with Crippen LogP contribution in [0.1, 0.15) is 48.5 Å². The molecule has 0 spiro atoms. The highest BCUT2D eigenvalue weighted by atomic mass is 35.5. The number of carbonyl (C=O) groups is 4. The molecule has 0 radical (unpaired) electrons. The summed E-state index contributed by atoms with van der Waals surface area (Å²) in [5.74, 6) is -1.06. The van der Waals surface area contributed by atoms with E-state index in [-0.39, 0.29) is 41.9 Å². The topological polar surface area (TPSA) is 169 Å². The first kappa shape index (κ1) is 29.5. The van der Waals surface area contributed by atoms with Gasteiger partial charge in [-0.2, -0.15) is 0 Å². The number of amides is 4. The number of anilines is 2. The molecule has 14 heteroatoms. The molecule has 41 heavy (non-hydrogen) atoms. The number of nitrogens with one attached hydrogen (secondary N) is 4. The maximum atomic E-state index is 13.3. The molecular formula is C27H31ClN8O5. The fraction of sp³-hybridized carbons (Fsp3) is 0.370. The smallest absolute Gasteiger partial charge is 0.411 e. The number of carbonyl (C=O) groups excluding carboxylic acids is 4. The van der Waals surface area contributed by atoms with Crippen molar-refractivity contribution in [1.82, 2.24) is 30.8 Å². The number of hydrogen-bond acceptors (Lipinski definition) is 8. The second kappa shape index (κ2) is 13.7. The van der Waals surface area contributed by atoms with Gasteiger partial charge in [0.25, 0.3) is 5.91 Å². The highest BCUT2D eigenvalue weighted by molar-refractivity contribution is 6.30. The summed E-state index contributed by atoms with van der Waals surface area (Å²) in [6.45, 7) is 2.24. The molecule has 4 N–H and O–H groups in total. The minimum Gasteiger partial charge on any atom is -0.453 e. The largest absolute Gasteiger partial charge is 0.453 e. The average molecular weight is 583 g/mol. The Balaban J connectivity index is 1.49. The van der Waals surface area contributed by atoms with Crippen LogP contribution in [0.2, 0.25) is 5.02 Å². The molecule has 216 valence electrons. The molecule has 2 heterocycles. The Bertz CT molecular complexity index is 1410. The van der Waals surface area contributed by atoms with Crippen LogP contribution in [0.4, 0.5) is 16.2 Å². The third kappa shape index (κ3) is 8.01. The van der Waals surface area contributed by atoms with Gasteiger partial charge in [-0.15, -0.1) is 5.10 Å². The molecule has 1 aromatic heterocycles. The zero-order valence-corrected chi connectivity index (χ0v) is 23.4. The van der Waals surface area contributed by atoms with Crippen LogP contribution < -0.4 is 21.3 Å². The lowest BCUT2D eigenvalue weighted by atomic mass is 9.97. The summed E-state index contributed by atoms with van der Waals surface area (Å²) in [6, 6.07) is 8.98. The van der Waals surface area contributed by atoms with Crippen LogP contribution in [-0.2, 0) is 20.7 Å². The van der Waals surface area contributed by atoms with Crippen molar-refractivity contribution < 1.29 is 23.9 Å². The summed E-state index contributed by atoms with van der Waals surface area (Å²) in [5, 5.41) is 22.8. The van der Waals surface area contributed by atoms with Gasteiger partial charge in [0, 0.05) is 23.7 Å². The van der Waals surface area contributed by atoms with Gasteiger partial charge in [0.2, 0.25) is 11.8 Å². The first-order chi connectivity index (χ1) is 19.7. The Morgan fingerprint density at radius 1 is 1.17 bits per heavy atom. The Labute approximate surface area is 241 Å². The van der Waals surface area contributed by atoms with Gasteiger partial charge in [-0.25, -0.2) is 9.48 Å². The van der Waals surface area contributed by atoms with Gasteiger partial charge in [0.15, 0.2) is 0 Å². The van der Waals surface area contributed by atoms with Crippen LogP contribution in [0, 0.1) is 5.92 Å². The summed E-state index contributed by atoms with van der Waals surface area (Å²) >= 11 is 6.20. The van der Waals surface area contributed by atoms with Gasteiger partial charge >= 0.3 is 6.09 Å². The molecule has 2 atom stereocenters.